The van der Waals surface area contributed by atoms with Gasteiger partial charge in [0.15, 0.2) is 0 Å². The summed E-state index contributed by atoms with van der Waals surface area (Å²) in [5, 5.41) is 8.93. The zero-order valence-electron chi connectivity index (χ0n) is 14.9. The molecule has 144 valence electrons. The van der Waals surface area contributed by atoms with E-state index in [1.807, 2.05) is 6.92 Å². The van der Waals surface area contributed by atoms with Crippen molar-refractivity contribution in [1.29, 1.82) is 0 Å². The van der Waals surface area contributed by atoms with Crippen molar-refractivity contribution in [2.24, 2.45) is 0 Å². The lowest BCUT2D eigenvalue weighted by Gasteiger charge is -2.35. The summed E-state index contributed by atoms with van der Waals surface area (Å²) in [4.78, 5) is 26.7. The summed E-state index contributed by atoms with van der Waals surface area (Å²) in [6.07, 6.45) is 0.754. The van der Waals surface area contributed by atoms with Crippen LogP contribution in [-0.2, 0) is 19.6 Å². The molecule has 1 aromatic carbocycles. The molecule has 9 heteroatoms. The van der Waals surface area contributed by atoms with Crippen LogP contribution in [0.15, 0.2) is 35.2 Å². The molecule has 1 amide bonds. The van der Waals surface area contributed by atoms with Gasteiger partial charge in [-0.25, -0.2) is 8.42 Å². The summed E-state index contributed by atoms with van der Waals surface area (Å²) in [6, 6.07) is 8.23. The third kappa shape index (κ3) is 5.26. The van der Waals surface area contributed by atoms with Crippen LogP contribution in [0.3, 0.4) is 0 Å². The number of carboxylic acid groups (broad SMARTS) is 1. The maximum absolute atomic E-state index is 12.6. The molecule has 0 aliphatic carbocycles. The lowest BCUT2D eigenvalue weighted by Crippen LogP contribution is -2.52. The Hall–Kier alpha value is -1.97. The molecule has 1 aromatic rings. The predicted octanol–water partition coefficient (Wildman–Crippen LogP) is 0.316. The summed E-state index contributed by atoms with van der Waals surface area (Å²) in [7, 11) is -3.55. The van der Waals surface area contributed by atoms with E-state index in [1.165, 1.54) is 4.31 Å². The first kappa shape index (κ1) is 20.3. The smallest absolute Gasteiger partial charge is 0.317 e. The topological polar surface area (TPSA) is 98.2 Å². The molecule has 1 aliphatic rings. The normalized spacial score (nSPS) is 16.0. The maximum Gasteiger partial charge on any atom is 0.317 e. The Morgan fingerprint density at radius 3 is 2.23 bits per heavy atom. The van der Waals surface area contributed by atoms with Crippen molar-refractivity contribution in [1.82, 2.24) is 14.1 Å². The molecule has 1 N–H and O–H groups in total. The van der Waals surface area contributed by atoms with Crippen LogP contribution in [0.2, 0.25) is 0 Å². The van der Waals surface area contributed by atoms with Gasteiger partial charge in [-0.15, -0.1) is 0 Å². The summed E-state index contributed by atoms with van der Waals surface area (Å²) in [5.41, 5.74) is 0. The van der Waals surface area contributed by atoms with Crippen LogP contribution in [0.1, 0.15) is 13.3 Å². The van der Waals surface area contributed by atoms with E-state index in [4.69, 9.17) is 5.11 Å². The first-order valence-corrected chi connectivity index (χ1v) is 10.1. The van der Waals surface area contributed by atoms with E-state index in [2.05, 4.69) is 0 Å². The number of hydrogen-bond acceptors (Lipinski definition) is 5. The number of aliphatic carboxylic acids is 1. The number of hydrogen-bond donors (Lipinski definition) is 1. The number of carbonyl (C=O) groups excluding carboxylic acids is 1. The Kier molecular flexibility index (Phi) is 7.13. The number of carboxylic acids is 1. The predicted molar refractivity (Wildman–Crippen MR) is 96.1 cm³/mol. The third-order valence-corrected chi connectivity index (χ3v) is 6.14. The average molecular weight is 383 g/mol. The van der Waals surface area contributed by atoms with Gasteiger partial charge in [0.25, 0.3) is 0 Å². The van der Waals surface area contributed by atoms with Gasteiger partial charge >= 0.3 is 5.97 Å². The molecule has 1 fully saturated rings. The lowest BCUT2D eigenvalue weighted by molar-refractivity contribution is -0.140. The van der Waals surface area contributed by atoms with Crippen LogP contribution < -0.4 is 0 Å². The molecule has 0 saturated carbocycles. The van der Waals surface area contributed by atoms with E-state index >= 15 is 0 Å². The first-order valence-electron chi connectivity index (χ1n) is 8.61. The highest BCUT2D eigenvalue weighted by atomic mass is 32.2. The van der Waals surface area contributed by atoms with Gasteiger partial charge < -0.3 is 10.0 Å². The summed E-state index contributed by atoms with van der Waals surface area (Å²) >= 11 is 0. The van der Waals surface area contributed by atoms with E-state index in [9.17, 15) is 18.0 Å². The van der Waals surface area contributed by atoms with Crippen molar-refractivity contribution < 1.29 is 23.1 Å². The highest BCUT2D eigenvalue weighted by molar-refractivity contribution is 7.89. The van der Waals surface area contributed by atoms with Crippen LogP contribution in [-0.4, -0.2) is 85.3 Å². The number of carbonyl (C=O) groups is 2. The number of nitrogens with zero attached hydrogens (tertiary/aromatic N) is 3. The van der Waals surface area contributed by atoms with Crippen LogP contribution in [0.4, 0.5) is 0 Å². The van der Waals surface area contributed by atoms with E-state index in [0.717, 1.165) is 6.42 Å². The Morgan fingerprint density at radius 1 is 1.08 bits per heavy atom. The van der Waals surface area contributed by atoms with Gasteiger partial charge in [-0.2, -0.15) is 4.31 Å². The molecule has 0 aromatic heterocycles. The van der Waals surface area contributed by atoms with Crippen LogP contribution >= 0.6 is 0 Å². The maximum atomic E-state index is 12.6. The fourth-order valence-electron chi connectivity index (χ4n) is 2.93. The van der Waals surface area contributed by atoms with Crippen molar-refractivity contribution in [3.05, 3.63) is 30.3 Å². The van der Waals surface area contributed by atoms with Gasteiger partial charge in [-0.3, -0.25) is 14.5 Å². The molecular weight excluding hydrogens is 358 g/mol. The van der Waals surface area contributed by atoms with Crippen molar-refractivity contribution in [2.45, 2.75) is 18.2 Å². The SMILES string of the molecule is CCCN(CC(=O)O)CC(=O)N1CCN(S(=O)(=O)c2ccccc2)CC1. The van der Waals surface area contributed by atoms with E-state index in [1.54, 1.807) is 40.1 Å². The molecule has 0 spiro atoms. The van der Waals surface area contributed by atoms with Crippen molar-refractivity contribution in [3.63, 3.8) is 0 Å². The Morgan fingerprint density at radius 2 is 1.69 bits per heavy atom. The lowest BCUT2D eigenvalue weighted by atomic mass is 10.3. The van der Waals surface area contributed by atoms with Crippen molar-refractivity contribution >= 4 is 21.9 Å². The second-order valence-electron chi connectivity index (χ2n) is 6.20. The van der Waals surface area contributed by atoms with Gasteiger partial charge in [0.2, 0.25) is 15.9 Å². The van der Waals surface area contributed by atoms with Crippen molar-refractivity contribution in [3.8, 4) is 0 Å². The quantitative estimate of drug-likeness (QED) is 0.694. The second-order valence-corrected chi connectivity index (χ2v) is 8.14. The van der Waals surface area contributed by atoms with Crippen LogP contribution in [0.25, 0.3) is 0 Å². The average Bonchev–Trinajstić information content (AvgIpc) is 2.62. The largest absolute Gasteiger partial charge is 0.480 e. The number of sulfonamides is 1. The minimum absolute atomic E-state index is 0.0333. The Labute approximate surface area is 154 Å². The molecule has 0 radical (unpaired) electrons. The molecule has 1 saturated heterocycles. The third-order valence-electron chi connectivity index (χ3n) is 4.23. The Bertz CT molecular complexity index is 715. The highest BCUT2D eigenvalue weighted by Crippen LogP contribution is 2.17. The number of benzene rings is 1. The van der Waals surface area contributed by atoms with Gasteiger partial charge in [0.05, 0.1) is 18.0 Å². The molecule has 0 bridgehead atoms. The number of rotatable bonds is 8. The van der Waals surface area contributed by atoms with Crippen LogP contribution in [0, 0.1) is 0 Å². The number of piperazine rings is 1. The minimum atomic E-state index is -3.55. The van der Waals surface area contributed by atoms with Gasteiger partial charge in [0, 0.05) is 26.2 Å². The summed E-state index contributed by atoms with van der Waals surface area (Å²) in [6.45, 7) is 3.38. The molecule has 2 rings (SSSR count). The molecule has 0 atom stereocenters. The van der Waals surface area contributed by atoms with E-state index in [-0.39, 0.29) is 37.0 Å². The second kappa shape index (κ2) is 9.11. The summed E-state index contributed by atoms with van der Waals surface area (Å²) in [5.74, 6) is -1.14. The molecule has 1 aliphatic heterocycles. The van der Waals surface area contributed by atoms with Gasteiger partial charge in [0.1, 0.15) is 0 Å². The van der Waals surface area contributed by atoms with Gasteiger partial charge in [-0.1, -0.05) is 25.1 Å². The fourth-order valence-corrected chi connectivity index (χ4v) is 4.38. The fraction of sp³-hybridized carbons (Fsp3) is 0.529. The van der Waals surface area contributed by atoms with Crippen LogP contribution in [0.5, 0.6) is 0 Å². The van der Waals surface area contributed by atoms with E-state index < -0.39 is 16.0 Å². The van der Waals surface area contributed by atoms with E-state index in [0.29, 0.717) is 19.6 Å². The molecule has 26 heavy (non-hydrogen) atoms. The Balaban J connectivity index is 1.93. The van der Waals surface area contributed by atoms with Crippen molar-refractivity contribution in [2.75, 3.05) is 45.8 Å². The zero-order valence-corrected chi connectivity index (χ0v) is 15.7. The van der Waals surface area contributed by atoms with Gasteiger partial charge in [-0.05, 0) is 25.1 Å². The highest BCUT2D eigenvalue weighted by Gasteiger charge is 2.30. The first-order chi connectivity index (χ1) is 12.3. The standard InChI is InChI=1S/C17H25N3O5S/c1-2-8-18(14-17(22)23)13-16(21)19-9-11-20(12-10-19)26(24,25)15-6-4-3-5-7-15/h3-7H,2,8-14H2,1H3,(H,22,23). The molecular formula is C17H25N3O5S. The zero-order chi connectivity index (χ0) is 19.2. The molecule has 0 unspecified atom stereocenters. The number of amides is 1. The monoisotopic (exact) mass is 383 g/mol. The minimum Gasteiger partial charge on any atom is -0.480 e. The molecule has 8 nitrogen and oxygen atoms in total. The summed E-state index contributed by atoms with van der Waals surface area (Å²) < 4.78 is 26.6. The molecule has 1 heterocycles.